The van der Waals surface area contributed by atoms with Gasteiger partial charge < -0.3 is 14.9 Å². The molecule has 0 amide bonds. The molecule has 0 aliphatic carbocycles. The van der Waals surface area contributed by atoms with Crippen LogP contribution in [0.1, 0.15) is 16.8 Å². The molecule has 2 rings (SSSR count). The van der Waals surface area contributed by atoms with Crippen LogP contribution in [-0.2, 0) is 0 Å². The average Bonchev–Trinajstić information content (AvgIpc) is 2.28. The number of rotatable bonds is 2. The standard InChI is InChI=1S/C11H11FO4/c12-6-1-2-10-7(3-6)8(14)4-11(16-10)9(15)5-13/h1-3,9,11,13,15H,4-5H2/t9?,11-/m1/s1. The predicted octanol–water partition coefficient (Wildman–Crippen LogP) is 0.513. The lowest BCUT2D eigenvalue weighted by Crippen LogP contribution is -2.39. The van der Waals surface area contributed by atoms with Crippen LogP contribution in [0.2, 0.25) is 0 Å². The molecule has 0 fully saturated rings. The van der Waals surface area contributed by atoms with Gasteiger partial charge in [-0.1, -0.05) is 0 Å². The maximum absolute atomic E-state index is 12.9. The summed E-state index contributed by atoms with van der Waals surface area (Å²) >= 11 is 0. The quantitative estimate of drug-likeness (QED) is 0.771. The van der Waals surface area contributed by atoms with Crippen molar-refractivity contribution in [1.82, 2.24) is 0 Å². The smallest absolute Gasteiger partial charge is 0.170 e. The summed E-state index contributed by atoms with van der Waals surface area (Å²) in [7, 11) is 0. The average molecular weight is 226 g/mol. The van der Waals surface area contributed by atoms with E-state index in [4.69, 9.17) is 9.84 Å². The van der Waals surface area contributed by atoms with E-state index in [9.17, 15) is 14.3 Å². The summed E-state index contributed by atoms with van der Waals surface area (Å²) in [6, 6.07) is 3.64. The van der Waals surface area contributed by atoms with Crippen molar-refractivity contribution in [2.45, 2.75) is 18.6 Å². The minimum absolute atomic E-state index is 0.0574. The highest BCUT2D eigenvalue weighted by atomic mass is 19.1. The van der Waals surface area contributed by atoms with Crippen molar-refractivity contribution in [3.63, 3.8) is 0 Å². The number of hydrogen-bond donors (Lipinski definition) is 2. The summed E-state index contributed by atoms with van der Waals surface area (Å²) in [6.45, 7) is -0.478. The number of ketones is 1. The summed E-state index contributed by atoms with van der Waals surface area (Å²) in [5.41, 5.74) is 0.182. The second kappa shape index (κ2) is 4.19. The Morgan fingerprint density at radius 1 is 1.56 bits per heavy atom. The van der Waals surface area contributed by atoms with Gasteiger partial charge in [0, 0.05) is 0 Å². The number of fused-ring (bicyclic) bond motifs is 1. The largest absolute Gasteiger partial charge is 0.486 e. The van der Waals surface area contributed by atoms with Gasteiger partial charge in [0.05, 0.1) is 18.6 Å². The molecule has 1 unspecified atom stereocenters. The lowest BCUT2D eigenvalue weighted by molar-refractivity contribution is -0.00671. The van der Waals surface area contributed by atoms with Crippen LogP contribution in [0.3, 0.4) is 0 Å². The summed E-state index contributed by atoms with van der Waals surface area (Å²) in [4.78, 5) is 11.6. The SMILES string of the molecule is O=C1C[C@H](C(O)CO)Oc2ccc(F)cc21. The molecular formula is C11H11FO4. The lowest BCUT2D eigenvalue weighted by Gasteiger charge is -2.27. The zero-order valence-corrected chi connectivity index (χ0v) is 8.39. The van der Waals surface area contributed by atoms with Crippen molar-refractivity contribution in [1.29, 1.82) is 0 Å². The second-order valence-electron chi connectivity index (χ2n) is 3.67. The van der Waals surface area contributed by atoms with E-state index in [0.717, 1.165) is 6.07 Å². The highest BCUT2D eigenvalue weighted by molar-refractivity contribution is 5.99. The van der Waals surface area contributed by atoms with E-state index in [-0.39, 0.29) is 23.5 Å². The first-order chi connectivity index (χ1) is 7.61. The van der Waals surface area contributed by atoms with Gasteiger partial charge in [0.2, 0.25) is 0 Å². The maximum atomic E-state index is 12.9. The molecule has 1 aromatic rings. The third-order valence-corrected chi connectivity index (χ3v) is 2.52. The molecule has 1 heterocycles. The molecular weight excluding hydrogens is 215 g/mol. The summed E-state index contributed by atoms with van der Waals surface area (Å²) in [5.74, 6) is -0.551. The summed E-state index contributed by atoms with van der Waals surface area (Å²) in [5, 5.41) is 18.1. The molecule has 1 aliphatic heterocycles. The first-order valence-corrected chi connectivity index (χ1v) is 4.90. The van der Waals surface area contributed by atoms with Crippen molar-refractivity contribution < 1.29 is 24.1 Å². The van der Waals surface area contributed by atoms with Crippen LogP contribution >= 0.6 is 0 Å². The monoisotopic (exact) mass is 226 g/mol. The van der Waals surface area contributed by atoms with Gasteiger partial charge in [0.1, 0.15) is 23.8 Å². The molecule has 5 heteroatoms. The molecule has 1 aromatic carbocycles. The van der Waals surface area contributed by atoms with Gasteiger partial charge in [-0.15, -0.1) is 0 Å². The number of aliphatic hydroxyl groups is 2. The molecule has 4 nitrogen and oxygen atoms in total. The van der Waals surface area contributed by atoms with Gasteiger partial charge in [-0.05, 0) is 18.2 Å². The Morgan fingerprint density at radius 3 is 3.00 bits per heavy atom. The highest BCUT2D eigenvalue weighted by Gasteiger charge is 2.31. The van der Waals surface area contributed by atoms with Crippen molar-refractivity contribution in [3.05, 3.63) is 29.6 Å². The van der Waals surface area contributed by atoms with Crippen LogP contribution in [0.25, 0.3) is 0 Å². The number of benzene rings is 1. The summed E-state index contributed by atoms with van der Waals surface area (Å²) < 4.78 is 18.2. The Hall–Kier alpha value is -1.46. The number of Topliss-reactive ketones (excluding diaryl/α,β-unsaturated/α-hetero) is 1. The number of carbonyl (C=O) groups is 1. The molecule has 0 spiro atoms. The molecule has 86 valence electrons. The molecule has 2 N–H and O–H groups in total. The van der Waals surface area contributed by atoms with Crippen molar-refractivity contribution in [2.75, 3.05) is 6.61 Å². The fourth-order valence-electron chi connectivity index (χ4n) is 1.65. The number of carbonyl (C=O) groups excluding carboxylic acids is 1. The van der Waals surface area contributed by atoms with E-state index in [1.165, 1.54) is 12.1 Å². The van der Waals surface area contributed by atoms with E-state index in [1.807, 2.05) is 0 Å². The fraction of sp³-hybridized carbons (Fsp3) is 0.364. The topological polar surface area (TPSA) is 66.8 Å². The summed E-state index contributed by atoms with van der Waals surface area (Å²) in [6.07, 6.45) is -1.93. The highest BCUT2D eigenvalue weighted by Crippen LogP contribution is 2.29. The molecule has 16 heavy (non-hydrogen) atoms. The third-order valence-electron chi connectivity index (χ3n) is 2.52. The zero-order valence-electron chi connectivity index (χ0n) is 8.39. The Morgan fingerprint density at radius 2 is 2.31 bits per heavy atom. The van der Waals surface area contributed by atoms with E-state index in [2.05, 4.69) is 0 Å². The van der Waals surface area contributed by atoms with Crippen LogP contribution in [0.15, 0.2) is 18.2 Å². The van der Waals surface area contributed by atoms with E-state index < -0.39 is 24.6 Å². The molecule has 1 aliphatic rings. The zero-order chi connectivity index (χ0) is 11.7. The Balaban J connectivity index is 2.30. The molecule has 0 radical (unpaired) electrons. The minimum atomic E-state index is -1.11. The Bertz CT molecular complexity index is 418. The van der Waals surface area contributed by atoms with Crippen LogP contribution in [0.4, 0.5) is 4.39 Å². The Labute approximate surface area is 91.3 Å². The van der Waals surface area contributed by atoms with E-state index >= 15 is 0 Å². The third kappa shape index (κ3) is 1.91. The number of hydrogen-bond acceptors (Lipinski definition) is 4. The van der Waals surface area contributed by atoms with Crippen molar-refractivity contribution in [2.24, 2.45) is 0 Å². The molecule has 2 atom stereocenters. The molecule has 0 aromatic heterocycles. The van der Waals surface area contributed by atoms with Gasteiger partial charge in [-0.25, -0.2) is 4.39 Å². The van der Waals surface area contributed by atoms with Crippen molar-refractivity contribution in [3.8, 4) is 5.75 Å². The first kappa shape index (κ1) is 11.0. The normalized spacial score (nSPS) is 21.2. The maximum Gasteiger partial charge on any atom is 0.170 e. The molecule has 0 bridgehead atoms. The minimum Gasteiger partial charge on any atom is -0.486 e. The van der Waals surface area contributed by atoms with Crippen LogP contribution in [0, 0.1) is 5.82 Å². The van der Waals surface area contributed by atoms with Gasteiger partial charge >= 0.3 is 0 Å². The first-order valence-electron chi connectivity index (χ1n) is 4.90. The van der Waals surface area contributed by atoms with E-state index in [1.54, 1.807) is 0 Å². The molecule has 0 saturated carbocycles. The lowest BCUT2D eigenvalue weighted by atomic mass is 9.98. The second-order valence-corrected chi connectivity index (χ2v) is 3.67. The number of halogens is 1. The van der Waals surface area contributed by atoms with Crippen LogP contribution in [-0.4, -0.2) is 34.8 Å². The van der Waals surface area contributed by atoms with Gasteiger partial charge in [0.25, 0.3) is 0 Å². The van der Waals surface area contributed by atoms with Crippen LogP contribution < -0.4 is 4.74 Å². The number of ether oxygens (including phenoxy) is 1. The van der Waals surface area contributed by atoms with Gasteiger partial charge in [-0.3, -0.25) is 4.79 Å². The van der Waals surface area contributed by atoms with Crippen LogP contribution in [0.5, 0.6) is 5.75 Å². The van der Waals surface area contributed by atoms with Gasteiger partial charge in [0.15, 0.2) is 5.78 Å². The van der Waals surface area contributed by atoms with Crippen molar-refractivity contribution >= 4 is 5.78 Å². The predicted molar refractivity (Wildman–Crippen MR) is 52.9 cm³/mol. The van der Waals surface area contributed by atoms with Gasteiger partial charge in [-0.2, -0.15) is 0 Å². The fourth-order valence-corrected chi connectivity index (χ4v) is 1.65. The number of aliphatic hydroxyl groups excluding tert-OH is 2. The molecule has 0 saturated heterocycles. The Kier molecular flexibility index (Phi) is 2.89. The van der Waals surface area contributed by atoms with E-state index in [0.29, 0.717) is 0 Å².